The number of hydrogen-bond acceptors (Lipinski definition) is 3. The van der Waals surface area contributed by atoms with Gasteiger partial charge in [0.15, 0.2) is 5.58 Å². The zero-order chi connectivity index (χ0) is 37.0. The minimum Gasteiger partial charge on any atom is -0.454 e. The number of nitrogens with zero attached hydrogens (tertiary/aromatic N) is 2. The van der Waals surface area contributed by atoms with E-state index in [2.05, 4.69) is 192 Å². The summed E-state index contributed by atoms with van der Waals surface area (Å²) in [7, 11) is 0. The molecule has 2 aromatic heterocycles. The third kappa shape index (κ3) is 5.49. The van der Waals surface area contributed by atoms with Crippen LogP contribution in [0.2, 0.25) is 0 Å². The Morgan fingerprint density at radius 1 is 0.536 bits per heavy atom. The molecule has 0 bridgehead atoms. The van der Waals surface area contributed by atoms with Crippen molar-refractivity contribution in [3.63, 3.8) is 0 Å². The van der Waals surface area contributed by atoms with E-state index in [-0.39, 0.29) is 6.17 Å². The van der Waals surface area contributed by atoms with Gasteiger partial charge in [-0.3, -0.25) is 4.99 Å². The summed E-state index contributed by atoms with van der Waals surface area (Å²) in [6, 6.07) is 60.3. The predicted molar refractivity (Wildman–Crippen MR) is 232 cm³/mol. The molecular weight excluding hydrogens is 683 g/mol. The van der Waals surface area contributed by atoms with E-state index in [1.807, 2.05) is 6.07 Å². The quantitative estimate of drug-likeness (QED) is 0.186. The first-order valence-corrected chi connectivity index (χ1v) is 19.4. The molecule has 4 heteroatoms. The van der Waals surface area contributed by atoms with Crippen LogP contribution < -0.4 is 15.9 Å². The second-order valence-corrected chi connectivity index (χ2v) is 14.7. The fourth-order valence-corrected chi connectivity index (χ4v) is 8.54. The number of benzene rings is 7. The van der Waals surface area contributed by atoms with Crippen LogP contribution in [-0.2, 0) is 0 Å². The van der Waals surface area contributed by atoms with Gasteiger partial charge in [0.1, 0.15) is 11.7 Å². The van der Waals surface area contributed by atoms with E-state index in [0.717, 1.165) is 79.6 Å². The Morgan fingerprint density at radius 2 is 1.21 bits per heavy atom. The van der Waals surface area contributed by atoms with Gasteiger partial charge in [0.05, 0.1) is 16.9 Å². The molecule has 0 amide bonds. The third-order valence-electron chi connectivity index (χ3n) is 11.2. The maximum absolute atomic E-state index is 6.77. The van der Waals surface area contributed by atoms with Crippen LogP contribution >= 0.6 is 0 Å². The van der Waals surface area contributed by atoms with E-state index in [1.54, 1.807) is 0 Å². The molecule has 11 rings (SSSR count). The van der Waals surface area contributed by atoms with E-state index >= 15 is 0 Å². The SMILES string of the molecule is C1=C(c2cccc(-c3ccccc3)c2)NC(c2ccc3c4c(n(-c5cc(-c6ccccc6)cc6c5oc5ccccc56)c3c2)=CCCC=4)N=C1c1ccccc1. The molecule has 266 valence electrons. The van der Waals surface area contributed by atoms with E-state index in [4.69, 9.17) is 9.41 Å². The van der Waals surface area contributed by atoms with E-state index < -0.39 is 0 Å². The zero-order valence-electron chi connectivity index (χ0n) is 30.7. The van der Waals surface area contributed by atoms with Crippen molar-refractivity contribution in [2.75, 3.05) is 0 Å². The van der Waals surface area contributed by atoms with Crippen LogP contribution in [0.4, 0.5) is 0 Å². The van der Waals surface area contributed by atoms with Gasteiger partial charge in [0.2, 0.25) is 0 Å². The summed E-state index contributed by atoms with van der Waals surface area (Å²) < 4.78 is 9.20. The number of fused-ring (bicyclic) bond motifs is 6. The van der Waals surface area contributed by atoms with Crippen molar-refractivity contribution < 1.29 is 4.42 Å². The van der Waals surface area contributed by atoms with Gasteiger partial charge in [0, 0.05) is 32.4 Å². The van der Waals surface area contributed by atoms with Gasteiger partial charge in [-0.1, -0.05) is 152 Å². The maximum Gasteiger partial charge on any atom is 0.159 e. The second kappa shape index (κ2) is 13.3. The summed E-state index contributed by atoms with van der Waals surface area (Å²) in [5.41, 5.74) is 13.9. The molecule has 0 fully saturated rings. The molecular formula is C52H37N3O. The summed E-state index contributed by atoms with van der Waals surface area (Å²) in [4.78, 5) is 5.39. The van der Waals surface area contributed by atoms with Crippen LogP contribution in [0.3, 0.4) is 0 Å². The van der Waals surface area contributed by atoms with Crippen molar-refractivity contribution in [3.8, 4) is 27.9 Å². The van der Waals surface area contributed by atoms with Crippen LogP contribution in [0.1, 0.15) is 35.7 Å². The number of allylic oxidation sites excluding steroid dienone is 1. The molecule has 0 spiro atoms. The highest BCUT2D eigenvalue weighted by Crippen LogP contribution is 2.38. The molecule has 9 aromatic rings. The number of nitrogens with one attached hydrogen (secondary N) is 1. The third-order valence-corrected chi connectivity index (χ3v) is 11.2. The van der Waals surface area contributed by atoms with Gasteiger partial charge in [-0.25, -0.2) is 0 Å². The predicted octanol–water partition coefficient (Wildman–Crippen LogP) is 11.4. The van der Waals surface area contributed by atoms with Crippen molar-refractivity contribution in [1.29, 1.82) is 0 Å². The lowest BCUT2D eigenvalue weighted by Gasteiger charge is -2.25. The fourth-order valence-electron chi connectivity index (χ4n) is 8.54. The van der Waals surface area contributed by atoms with E-state index in [0.29, 0.717) is 0 Å². The average molecular weight is 720 g/mol. The van der Waals surface area contributed by atoms with Crippen molar-refractivity contribution in [3.05, 3.63) is 203 Å². The molecule has 0 saturated heterocycles. The molecule has 56 heavy (non-hydrogen) atoms. The number of hydrogen-bond donors (Lipinski definition) is 1. The first-order valence-electron chi connectivity index (χ1n) is 19.4. The molecule has 7 aromatic carbocycles. The molecule has 4 nitrogen and oxygen atoms in total. The Hall–Kier alpha value is -7.17. The van der Waals surface area contributed by atoms with Gasteiger partial charge in [-0.2, -0.15) is 0 Å². The highest BCUT2D eigenvalue weighted by Gasteiger charge is 2.23. The number of aromatic nitrogens is 1. The highest BCUT2D eigenvalue weighted by atomic mass is 16.3. The second-order valence-electron chi connectivity index (χ2n) is 14.7. The summed E-state index contributed by atoms with van der Waals surface area (Å²) in [5, 5.41) is 9.80. The van der Waals surface area contributed by atoms with Gasteiger partial charge < -0.3 is 14.3 Å². The molecule has 1 aliphatic carbocycles. The van der Waals surface area contributed by atoms with Crippen molar-refractivity contribution in [1.82, 2.24) is 9.88 Å². The molecule has 1 aliphatic heterocycles. The normalized spacial score (nSPS) is 15.1. The zero-order valence-corrected chi connectivity index (χ0v) is 30.7. The maximum atomic E-state index is 6.77. The smallest absolute Gasteiger partial charge is 0.159 e. The van der Waals surface area contributed by atoms with E-state index in [9.17, 15) is 0 Å². The Balaban J connectivity index is 1.11. The minimum atomic E-state index is -0.315. The molecule has 3 heterocycles. The lowest BCUT2D eigenvalue weighted by Crippen LogP contribution is -2.30. The number of furan rings is 1. The van der Waals surface area contributed by atoms with Crippen LogP contribution in [0, 0.1) is 0 Å². The fraction of sp³-hybridized carbons (Fsp3) is 0.0577. The molecule has 0 saturated carbocycles. The van der Waals surface area contributed by atoms with Crippen LogP contribution in [0.5, 0.6) is 0 Å². The standard InChI is InChI=1S/C52H37N3O/c1-4-15-34(16-5-1)37-21-14-22-38(29-37)46-33-45(36-19-8-3-9-20-36)53-52(54-46)39-27-28-42-41-23-10-12-25-47(41)55(48(42)31-39)49-32-40(35-17-6-2-7-18-35)30-44-43-24-11-13-26-50(43)56-51(44)49/h1-9,11,13-33,52,54H,10,12H2. The van der Waals surface area contributed by atoms with Gasteiger partial charge >= 0.3 is 0 Å². The summed E-state index contributed by atoms with van der Waals surface area (Å²) >= 11 is 0. The number of rotatable bonds is 6. The summed E-state index contributed by atoms with van der Waals surface area (Å²) in [6.45, 7) is 0. The molecule has 1 atom stereocenters. The van der Waals surface area contributed by atoms with Crippen molar-refractivity contribution >= 4 is 56.4 Å². The van der Waals surface area contributed by atoms with Crippen LogP contribution in [0.25, 0.3) is 78.6 Å². The molecule has 0 radical (unpaired) electrons. The average Bonchev–Trinajstić information content (AvgIpc) is 3.82. The first-order chi connectivity index (χ1) is 27.7. The Morgan fingerprint density at radius 3 is 2.02 bits per heavy atom. The number of para-hydroxylation sites is 1. The topological polar surface area (TPSA) is 42.5 Å². The summed E-state index contributed by atoms with van der Waals surface area (Å²) in [5.74, 6) is 0. The monoisotopic (exact) mass is 719 g/mol. The first kappa shape index (κ1) is 32.3. The largest absolute Gasteiger partial charge is 0.454 e. The minimum absolute atomic E-state index is 0.315. The lowest BCUT2D eigenvalue weighted by atomic mass is 9.98. The Bertz CT molecular complexity index is 3150. The molecule has 1 N–H and O–H groups in total. The highest BCUT2D eigenvalue weighted by molar-refractivity contribution is 6.13. The van der Waals surface area contributed by atoms with Gasteiger partial charge in [-0.05, 0) is 88.2 Å². The van der Waals surface area contributed by atoms with Gasteiger partial charge in [0.25, 0.3) is 0 Å². The molecule has 1 unspecified atom stereocenters. The van der Waals surface area contributed by atoms with Crippen LogP contribution in [0.15, 0.2) is 185 Å². The number of aliphatic imine (C=N–C) groups is 1. The Kier molecular flexibility index (Phi) is 7.66. The van der Waals surface area contributed by atoms with Gasteiger partial charge in [-0.15, -0.1) is 0 Å². The summed E-state index contributed by atoms with van der Waals surface area (Å²) in [6.07, 6.45) is 8.67. The van der Waals surface area contributed by atoms with Crippen molar-refractivity contribution in [2.45, 2.75) is 19.0 Å². The van der Waals surface area contributed by atoms with Crippen LogP contribution in [-0.4, -0.2) is 10.3 Å². The molecule has 2 aliphatic rings. The van der Waals surface area contributed by atoms with Crippen molar-refractivity contribution in [2.24, 2.45) is 4.99 Å². The van der Waals surface area contributed by atoms with E-state index in [1.165, 1.54) is 32.6 Å². The lowest BCUT2D eigenvalue weighted by molar-refractivity contribution is 0.663. The Labute approximate surface area is 324 Å².